The Morgan fingerprint density at radius 2 is 2.14 bits per heavy atom. The highest BCUT2D eigenvalue weighted by atomic mass is 19.2. The van der Waals surface area contributed by atoms with Gasteiger partial charge in [0.1, 0.15) is 5.82 Å². The molecule has 1 aliphatic rings. The molecule has 2 heterocycles. The number of rotatable bonds is 3. The number of nitrogens with one attached hydrogen (secondary N) is 1. The summed E-state index contributed by atoms with van der Waals surface area (Å²) in [4.78, 5) is 10.7. The summed E-state index contributed by atoms with van der Waals surface area (Å²) in [5, 5.41) is 2.89. The van der Waals surface area contributed by atoms with E-state index in [4.69, 9.17) is 0 Å². The van der Waals surface area contributed by atoms with Gasteiger partial charge in [0.25, 0.3) is 0 Å². The third-order valence-corrected chi connectivity index (χ3v) is 3.28. The number of halogens is 2. The lowest BCUT2D eigenvalue weighted by atomic mass is 10.2. The molecule has 21 heavy (non-hydrogen) atoms. The van der Waals surface area contributed by atoms with Crippen LogP contribution in [-0.2, 0) is 0 Å². The molecule has 0 radical (unpaired) electrons. The minimum atomic E-state index is -0.906. The number of anilines is 3. The fourth-order valence-corrected chi connectivity index (χ4v) is 2.19. The van der Waals surface area contributed by atoms with Gasteiger partial charge in [-0.25, -0.2) is 13.8 Å². The van der Waals surface area contributed by atoms with Crippen LogP contribution in [0.1, 0.15) is 12.5 Å². The molecule has 0 fully saturated rings. The van der Waals surface area contributed by atoms with Gasteiger partial charge in [0, 0.05) is 36.6 Å². The van der Waals surface area contributed by atoms with Gasteiger partial charge in [-0.2, -0.15) is 4.98 Å². The van der Waals surface area contributed by atoms with E-state index in [0.29, 0.717) is 11.6 Å². The van der Waals surface area contributed by atoms with E-state index in [1.54, 1.807) is 6.20 Å². The highest BCUT2D eigenvalue weighted by molar-refractivity contribution is 5.69. The van der Waals surface area contributed by atoms with Crippen molar-refractivity contribution < 1.29 is 8.78 Å². The van der Waals surface area contributed by atoms with Crippen LogP contribution in [0.4, 0.5) is 26.2 Å². The Morgan fingerprint density at radius 3 is 2.90 bits per heavy atom. The lowest BCUT2D eigenvalue weighted by Crippen LogP contribution is -2.27. The summed E-state index contributed by atoms with van der Waals surface area (Å²) in [7, 11) is 0. The largest absolute Gasteiger partial charge is 0.353 e. The van der Waals surface area contributed by atoms with E-state index in [-0.39, 0.29) is 0 Å². The van der Waals surface area contributed by atoms with Crippen molar-refractivity contribution in [3.8, 4) is 0 Å². The second-order valence-electron chi connectivity index (χ2n) is 4.67. The molecule has 0 bridgehead atoms. The first-order valence-electron chi connectivity index (χ1n) is 6.68. The van der Waals surface area contributed by atoms with Crippen molar-refractivity contribution in [2.24, 2.45) is 0 Å². The third-order valence-electron chi connectivity index (χ3n) is 3.28. The molecule has 2 aromatic rings. The molecule has 0 aliphatic carbocycles. The number of likely N-dealkylation sites (N-methyl/N-ethyl adjacent to an activating group) is 1. The molecule has 0 unspecified atom stereocenters. The quantitative estimate of drug-likeness (QED) is 0.940. The summed E-state index contributed by atoms with van der Waals surface area (Å²) in [6.45, 7) is 3.68. The van der Waals surface area contributed by atoms with Gasteiger partial charge in [-0.3, -0.25) is 0 Å². The van der Waals surface area contributed by atoms with Crippen molar-refractivity contribution in [2.75, 3.05) is 23.3 Å². The van der Waals surface area contributed by atoms with Crippen LogP contribution in [0, 0.1) is 11.6 Å². The third kappa shape index (κ3) is 2.69. The van der Waals surface area contributed by atoms with Gasteiger partial charge in [-0.1, -0.05) is 12.2 Å². The normalized spacial score (nSPS) is 13.2. The Balaban J connectivity index is 1.89. The zero-order chi connectivity index (χ0) is 14.8. The SMILES string of the molecule is CCN1CC=Cc2cnc(Nc3ccc(F)c(F)c3)nc21. The summed E-state index contributed by atoms with van der Waals surface area (Å²) < 4.78 is 26.1. The number of aromatic nitrogens is 2. The smallest absolute Gasteiger partial charge is 0.229 e. The first-order chi connectivity index (χ1) is 10.2. The molecular formula is C15H14F2N4. The number of nitrogens with zero attached hydrogens (tertiary/aromatic N) is 3. The van der Waals surface area contributed by atoms with Crippen LogP contribution in [0.2, 0.25) is 0 Å². The standard InChI is InChI=1S/C15H14F2N4/c1-2-21-7-3-4-10-9-18-15(20-14(10)21)19-11-5-6-12(16)13(17)8-11/h3-6,8-9H,2,7H2,1H3,(H,18,19,20). The van der Waals surface area contributed by atoms with Crippen LogP contribution in [0.25, 0.3) is 6.08 Å². The van der Waals surface area contributed by atoms with E-state index in [2.05, 4.69) is 26.3 Å². The number of benzene rings is 1. The summed E-state index contributed by atoms with van der Waals surface area (Å²) in [6.07, 6.45) is 5.74. The maximum Gasteiger partial charge on any atom is 0.229 e. The highest BCUT2D eigenvalue weighted by Crippen LogP contribution is 2.25. The maximum atomic E-state index is 13.2. The van der Waals surface area contributed by atoms with E-state index in [1.165, 1.54) is 6.07 Å². The van der Waals surface area contributed by atoms with Gasteiger partial charge in [0.15, 0.2) is 11.6 Å². The molecule has 1 N–H and O–H groups in total. The van der Waals surface area contributed by atoms with Gasteiger partial charge in [-0.05, 0) is 19.1 Å². The Kier molecular flexibility index (Phi) is 3.51. The summed E-state index contributed by atoms with van der Waals surface area (Å²) in [5.74, 6) is -0.598. The Morgan fingerprint density at radius 1 is 1.29 bits per heavy atom. The molecule has 1 aliphatic heterocycles. The zero-order valence-corrected chi connectivity index (χ0v) is 11.5. The number of fused-ring (bicyclic) bond motifs is 1. The first kappa shape index (κ1) is 13.5. The number of hydrogen-bond donors (Lipinski definition) is 1. The van der Waals surface area contributed by atoms with Crippen molar-refractivity contribution in [1.29, 1.82) is 0 Å². The van der Waals surface area contributed by atoms with Crippen molar-refractivity contribution in [1.82, 2.24) is 9.97 Å². The first-order valence-corrected chi connectivity index (χ1v) is 6.68. The van der Waals surface area contributed by atoms with E-state index in [1.807, 2.05) is 13.0 Å². The van der Waals surface area contributed by atoms with Gasteiger partial charge in [0.05, 0.1) is 0 Å². The lowest BCUT2D eigenvalue weighted by molar-refractivity contribution is 0.509. The van der Waals surface area contributed by atoms with Crippen LogP contribution < -0.4 is 10.2 Å². The molecule has 3 rings (SSSR count). The fourth-order valence-electron chi connectivity index (χ4n) is 2.19. The minimum Gasteiger partial charge on any atom is -0.353 e. The minimum absolute atomic E-state index is 0.355. The lowest BCUT2D eigenvalue weighted by Gasteiger charge is -2.25. The van der Waals surface area contributed by atoms with Crippen molar-refractivity contribution in [2.45, 2.75) is 6.92 Å². The Bertz CT molecular complexity index is 700. The van der Waals surface area contributed by atoms with Gasteiger partial charge in [0.2, 0.25) is 5.95 Å². The molecule has 0 saturated heterocycles. The van der Waals surface area contributed by atoms with Gasteiger partial charge >= 0.3 is 0 Å². The summed E-state index contributed by atoms with van der Waals surface area (Å²) in [6, 6.07) is 3.59. The molecule has 0 atom stereocenters. The van der Waals surface area contributed by atoms with Crippen molar-refractivity contribution in [3.05, 3.63) is 47.7 Å². The molecule has 0 amide bonds. The predicted octanol–water partition coefficient (Wildman–Crippen LogP) is 3.35. The molecule has 1 aromatic carbocycles. The Hall–Kier alpha value is -2.50. The van der Waals surface area contributed by atoms with Crippen LogP contribution in [0.5, 0.6) is 0 Å². The fraction of sp³-hybridized carbons (Fsp3) is 0.200. The molecule has 6 heteroatoms. The molecule has 0 saturated carbocycles. The predicted molar refractivity (Wildman–Crippen MR) is 78.6 cm³/mol. The van der Waals surface area contributed by atoms with Crippen LogP contribution in [0.3, 0.4) is 0 Å². The van der Waals surface area contributed by atoms with Gasteiger partial charge < -0.3 is 10.2 Å². The van der Waals surface area contributed by atoms with Gasteiger partial charge in [-0.15, -0.1) is 0 Å². The number of hydrogen-bond acceptors (Lipinski definition) is 4. The van der Waals surface area contributed by atoms with Crippen LogP contribution in [0.15, 0.2) is 30.5 Å². The topological polar surface area (TPSA) is 41.1 Å². The van der Waals surface area contributed by atoms with E-state index in [0.717, 1.165) is 36.6 Å². The monoisotopic (exact) mass is 288 g/mol. The summed E-state index contributed by atoms with van der Waals surface area (Å²) >= 11 is 0. The van der Waals surface area contributed by atoms with E-state index >= 15 is 0 Å². The van der Waals surface area contributed by atoms with Crippen LogP contribution >= 0.6 is 0 Å². The molecule has 0 spiro atoms. The molecular weight excluding hydrogens is 274 g/mol. The summed E-state index contributed by atoms with van der Waals surface area (Å²) in [5.41, 5.74) is 1.35. The van der Waals surface area contributed by atoms with E-state index < -0.39 is 11.6 Å². The molecule has 108 valence electrons. The average Bonchev–Trinajstić information content (AvgIpc) is 2.50. The van der Waals surface area contributed by atoms with E-state index in [9.17, 15) is 8.78 Å². The van der Waals surface area contributed by atoms with Crippen molar-refractivity contribution in [3.63, 3.8) is 0 Å². The highest BCUT2D eigenvalue weighted by Gasteiger charge is 2.14. The maximum absolute atomic E-state index is 13.2. The Labute approximate surface area is 121 Å². The van der Waals surface area contributed by atoms with Crippen molar-refractivity contribution >= 4 is 23.5 Å². The van der Waals surface area contributed by atoms with Crippen LogP contribution in [-0.4, -0.2) is 23.1 Å². The molecule has 4 nitrogen and oxygen atoms in total. The zero-order valence-electron chi connectivity index (χ0n) is 11.5. The molecule has 1 aromatic heterocycles. The second kappa shape index (κ2) is 5.47. The second-order valence-corrected chi connectivity index (χ2v) is 4.67. The average molecular weight is 288 g/mol.